The minimum Gasteiger partial charge on any atom is -0.364 e. The van der Waals surface area contributed by atoms with Gasteiger partial charge in [-0.2, -0.15) is 0 Å². The molecule has 5 heteroatoms. The van der Waals surface area contributed by atoms with Crippen LogP contribution in [0.25, 0.3) is 0 Å². The van der Waals surface area contributed by atoms with Gasteiger partial charge in [0.05, 0.1) is 16.8 Å². The molecule has 3 N–H and O–H groups in total. The molecule has 1 fully saturated rings. The minimum absolute atomic E-state index is 0.00580. The third kappa shape index (κ3) is 3.02. The minimum atomic E-state index is -0.421. The van der Waals surface area contributed by atoms with Crippen LogP contribution in [-0.2, 0) is 9.53 Å². The number of carbonyl (C=O) groups is 1. The van der Waals surface area contributed by atoms with Crippen molar-refractivity contribution in [2.75, 3.05) is 11.9 Å². The molecule has 2 atom stereocenters. The van der Waals surface area contributed by atoms with Crippen molar-refractivity contribution in [1.82, 2.24) is 0 Å². The Balaban J connectivity index is 2.01. The van der Waals surface area contributed by atoms with E-state index < -0.39 is 6.10 Å². The normalized spacial score (nSPS) is 23.1. The molecule has 0 radical (unpaired) electrons. The van der Waals surface area contributed by atoms with Crippen LogP contribution in [0.1, 0.15) is 18.4 Å². The third-order valence-electron chi connectivity index (χ3n) is 3.04. The van der Waals surface area contributed by atoms with E-state index in [4.69, 9.17) is 22.1 Å². The Labute approximate surface area is 111 Å². The number of aryl methyl sites for hydroxylation is 1. The van der Waals surface area contributed by atoms with Gasteiger partial charge in [0.2, 0.25) is 0 Å². The molecular formula is C13H17ClN2O2. The van der Waals surface area contributed by atoms with E-state index in [9.17, 15) is 4.79 Å². The third-order valence-corrected chi connectivity index (χ3v) is 3.37. The lowest BCUT2D eigenvalue weighted by Crippen LogP contribution is -2.29. The molecule has 0 bridgehead atoms. The highest BCUT2D eigenvalue weighted by atomic mass is 35.5. The molecule has 1 heterocycles. The second-order valence-electron chi connectivity index (χ2n) is 4.53. The molecule has 0 aromatic heterocycles. The first-order chi connectivity index (χ1) is 8.60. The first-order valence-corrected chi connectivity index (χ1v) is 6.40. The van der Waals surface area contributed by atoms with E-state index in [2.05, 4.69) is 5.32 Å². The predicted molar refractivity (Wildman–Crippen MR) is 71.8 cm³/mol. The number of hydrogen-bond acceptors (Lipinski definition) is 3. The second kappa shape index (κ2) is 5.69. The number of anilines is 1. The zero-order chi connectivity index (χ0) is 13.1. The van der Waals surface area contributed by atoms with Crippen LogP contribution in [0.3, 0.4) is 0 Å². The van der Waals surface area contributed by atoms with Gasteiger partial charge in [-0.25, -0.2) is 0 Å². The van der Waals surface area contributed by atoms with Gasteiger partial charge in [-0.3, -0.25) is 4.79 Å². The Hall–Kier alpha value is -1.10. The van der Waals surface area contributed by atoms with Gasteiger partial charge in [-0.05, 0) is 37.5 Å². The van der Waals surface area contributed by atoms with Crippen LogP contribution in [0.15, 0.2) is 18.2 Å². The van der Waals surface area contributed by atoms with Gasteiger partial charge in [-0.15, -0.1) is 0 Å². The van der Waals surface area contributed by atoms with Crippen LogP contribution >= 0.6 is 11.6 Å². The smallest absolute Gasteiger partial charge is 0.253 e. The zero-order valence-corrected chi connectivity index (χ0v) is 11.0. The molecular weight excluding hydrogens is 252 g/mol. The van der Waals surface area contributed by atoms with Crippen LogP contribution in [0.4, 0.5) is 5.69 Å². The topological polar surface area (TPSA) is 64.4 Å². The summed E-state index contributed by atoms with van der Waals surface area (Å²) in [5, 5.41) is 3.33. The zero-order valence-electron chi connectivity index (χ0n) is 10.3. The molecule has 1 aromatic rings. The Bertz CT molecular complexity index is 451. The number of hydrogen-bond donors (Lipinski definition) is 2. The van der Waals surface area contributed by atoms with Crippen molar-refractivity contribution < 1.29 is 9.53 Å². The van der Waals surface area contributed by atoms with E-state index in [1.54, 1.807) is 6.07 Å². The van der Waals surface area contributed by atoms with Crippen LogP contribution in [-0.4, -0.2) is 24.7 Å². The van der Waals surface area contributed by atoms with Gasteiger partial charge >= 0.3 is 0 Å². The summed E-state index contributed by atoms with van der Waals surface area (Å²) in [5.41, 5.74) is 7.18. The summed E-state index contributed by atoms with van der Waals surface area (Å²) in [6.07, 6.45) is 1.11. The number of nitrogens with two attached hydrogens (primary N) is 1. The van der Waals surface area contributed by atoms with Crippen molar-refractivity contribution >= 4 is 23.2 Å². The summed E-state index contributed by atoms with van der Waals surface area (Å²) in [5.74, 6) is -0.154. The standard InChI is InChI=1S/C13H17ClN2O2/c1-8-2-4-10(14)11(6-8)16-13(17)12-5-3-9(7-15)18-12/h2,4,6,9,12H,3,5,7,15H2,1H3,(H,16,17). The molecule has 1 aliphatic rings. The van der Waals surface area contributed by atoms with E-state index in [-0.39, 0.29) is 12.0 Å². The molecule has 1 amide bonds. The SMILES string of the molecule is Cc1ccc(Cl)c(NC(=O)C2CCC(CN)O2)c1. The van der Waals surface area contributed by atoms with Crippen molar-refractivity contribution in [1.29, 1.82) is 0 Å². The molecule has 98 valence electrons. The molecule has 0 aliphatic carbocycles. The van der Waals surface area contributed by atoms with Gasteiger partial charge < -0.3 is 15.8 Å². The quantitative estimate of drug-likeness (QED) is 0.882. The lowest BCUT2D eigenvalue weighted by atomic mass is 10.1. The fourth-order valence-corrected chi connectivity index (χ4v) is 2.18. The van der Waals surface area contributed by atoms with Crippen LogP contribution in [0.2, 0.25) is 5.02 Å². The summed E-state index contributed by atoms with van der Waals surface area (Å²) in [6, 6.07) is 5.51. The van der Waals surface area contributed by atoms with Crippen LogP contribution in [0.5, 0.6) is 0 Å². The Kier molecular flexibility index (Phi) is 4.22. The lowest BCUT2D eigenvalue weighted by molar-refractivity contribution is -0.126. The molecule has 1 aliphatic heterocycles. The summed E-state index contributed by atoms with van der Waals surface area (Å²) in [4.78, 5) is 12.0. The monoisotopic (exact) mass is 268 g/mol. The largest absolute Gasteiger partial charge is 0.364 e. The highest BCUT2D eigenvalue weighted by Crippen LogP contribution is 2.25. The second-order valence-corrected chi connectivity index (χ2v) is 4.94. The maximum atomic E-state index is 12.0. The molecule has 18 heavy (non-hydrogen) atoms. The van der Waals surface area contributed by atoms with E-state index in [1.807, 2.05) is 19.1 Å². The highest BCUT2D eigenvalue weighted by molar-refractivity contribution is 6.33. The summed E-state index contributed by atoms with van der Waals surface area (Å²) >= 11 is 6.03. The van der Waals surface area contributed by atoms with Crippen LogP contribution in [0, 0.1) is 6.92 Å². The average molecular weight is 269 g/mol. The number of rotatable bonds is 3. The van der Waals surface area contributed by atoms with Crippen molar-refractivity contribution in [3.05, 3.63) is 28.8 Å². The van der Waals surface area contributed by atoms with Crippen molar-refractivity contribution in [3.63, 3.8) is 0 Å². The van der Waals surface area contributed by atoms with E-state index in [0.29, 0.717) is 23.7 Å². The van der Waals surface area contributed by atoms with Crippen molar-refractivity contribution in [2.45, 2.75) is 32.0 Å². The molecule has 1 aromatic carbocycles. The molecule has 0 saturated carbocycles. The number of ether oxygens (including phenoxy) is 1. The highest BCUT2D eigenvalue weighted by Gasteiger charge is 2.30. The predicted octanol–water partition coefficient (Wildman–Crippen LogP) is 2.09. The van der Waals surface area contributed by atoms with Gasteiger partial charge in [0.1, 0.15) is 6.10 Å². The first kappa shape index (κ1) is 13.3. The molecule has 0 spiro atoms. The summed E-state index contributed by atoms with van der Waals surface area (Å²) in [7, 11) is 0. The van der Waals surface area contributed by atoms with Crippen molar-refractivity contribution in [3.8, 4) is 0 Å². The van der Waals surface area contributed by atoms with Gasteiger partial charge in [0.25, 0.3) is 5.91 Å². The average Bonchev–Trinajstić information content (AvgIpc) is 2.82. The van der Waals surface area contributed by atoms with E-state index >= 15 is 0 Å². The number of carbonyl (C=O) groups excluding carboxylic acids is 1. The maximum absolute atomic E-state index is 12.0. The summed E-state index contributed by atoms with van der Waals surface area (Å²) in [6.45, 7) is 2.40. The fourth-order valence-electron chi connectivity index (χ4n) is 2.02. The number of halogens is 1. The number of benzene rings is 1. The molecule has 1 saturated heterocycles. The Morgan fingerprint density at radius 1 is 1.56 bits per heavy atom. The van der Waals surface area contributed by atoms with Gasteiger partial charge in [0.15, 0.2) is 0 Å². The van der Waals surface area contributed by atoms with Crippen LogP contribution < -0.4 is 11.1 Å². The van der Waals surface area contributed by atoms with Gasteiger partial charge in [-0.1, -0.05) is 17.7 Å². The molecule has 4 nitrogen and oxygen atoms in total. The maximum Gasteiger partial charge on any atom is 0.253 e. The fraction of sp³-hybridized carbons (Fsp3) is 0.462. The van der Waals surface area contributed by atoms with E-state index in [1.165, 1.54) is 0 Å². The summed E-state index contributed by atoms with van der Waals surface area (Å²) < 4.78 is 5.53. The first-order valence-electron chi connectivity index (χ1n) is 6.02. The molecule has 2 unspecified atom stereocenters. The molecule has 2 rings (SSSR count). The number of amides is 1. The Morgan fingerprint density at radius 3 is 3.00 bits per heavy atom. The van der Waals surface area contributed by atoms with Crippen molar-refractivity contribution in [2.24, 2.45) is 5.73 Å². The van der Waals surface area contributed by atoms with E-state index in [0.717, 1.165) is 12.0 Å². The lowest BCUT2D eigenvalue weighted by Gasteiger charge is -2.13. The number of nitrogens with one attached hydrogen (secondary N) is 1. The Morgan fingerprint density at radius 2 is 2.33 bits per heavy atom. The van der Waals surface area contributed by atoms with Gasteiger partial charge in [0, 0.05) is 6.54 Å².